The van der Waals surface area contributed by atoms with Crippen LogP contribution in [0.15, 0.2) is 34.0 Å². The summed E-state index contributed by atoms with van der Waals surface area (Å²) in [5.74, 6) is -3.13. The van der Waals surface area contributed by atoms with Gasteiger partial charge in [-0.2, -0.15) is 4.39 Å². The number of rotatable bonds is 5. The molecule has 0 spiro atoms. The van der Waals surface area contributed by atoms with Gasteiger partial charge in [0.1, 0.15) is 5.56 Å². The maximum atomic E-state index is 13.2. The van der Waals surface area contributed by atoms with Gasteiger partial charge in [-0.25, -0.2) is 9.59 Å². The third-order valence-electron chi connectivity index (χ3n) is 2.80. The lowest BCUT2D eigenvalue weighted by Crippen LogP contribution is -2.29. The van der Waals surface area contributed by atoms with E-state index in [2.05, 4.69) is 15.0 Å². The number of halogens is 1. The second-order valence-corrected chi connectivity index (χ2v) is 4.53. The number of aromatic nitrogens is 2. The number of amides is 1. The van der Waals surface area contributed by atoms with Gasteiger partial charge in [0.05, 0.1) is 4.92 Å². The van der Waals surface area contributed by atoms with Crippen LogP contribution in [0.3, 0.4) is 0 Å². The van der Waals surface area contributed by atoms with Crippen LogP contribution in [-0.2, 0) is 9.53 Å². The molecule has 11 nitrogen and oxygen atoms in total. The fourth-order valence-corrected chi connectivity index (χ4v) is 1.70. The summed E-state index contributed by atoms with van der Waals surface area (Å²) in [5, 5.41) is 12.8. The molecule has 0 radical (unpaired) electrons. The zero-order chi connectivity index (χ0) is 18.6. The molecule has 12 heteroatoms. The highest BCUT2D eigenvalue weighted by Gasteiger charge is 2.17. The Hall–Kier alpha value is -3.83. The molecule has 0 saturated heterocycles. The number of nitro groups is 1. The van der Waals surface area contributed by atoms with Gasteiger partial charge in [0.15, 0.2) is 6.61 Å². The van der Waals surface area contributed by atoms with E-state index in [1.807, 2.05) is 0 Å². The molecule has 1 amide bonds. The Morgan fingerprint density at radius 1 is 1.32 bits per heavy atom. The summed E-state index contributed by atoms with van der Waals surface area (Å²) in [6, 6.07) is 2.66. The van der Waals surface area contributed by atoms with Crippen molar-refractivity contribution in [2.24, 2.45) is 0 Å². The third kappa shape index (κ3) is 4.34. The number of nitrogens with zero attached hydrogens (tertiary/aromatic N) is 1. The van der Waals surface area contributed by atoms with Crippen molar-refractivity contribution in [2.75, 3.05) is 11.9 Å². The summed E-state index contributed by atoms with van der Waals surface area (Å²) in [4.78, 5) is 59.0. The Bertz CT molecular complexity index is 965. The number of benzene rings is 1. The lowest BCUT2D eigenvalue weighted by Gasteiger charge is -2.06. The number of hydrogen-bond acceptors (Lipinski definition) is 7. The monoisotopic (exact) mass is 352 g/mol. The first-order chi connectivity index (χ1) is 11.8. The van der Waals surface area contributed by atoms with Crippen molar-refractivity contribution in [1.82, 2.24) is 9.97 Å². The molecule has 2 aromatic rings. The van der Waals surface area contributed by atoms with E-state index < -0.39 is 51.7 Å². The first-order valence-corrected chi connectivity index (χ1v) is 6.51. The Balaban J connectivity index is 2.00. The van der Waals surface area contributed by atoms with E-state index in [0.717, 1.165) is 24.4 Å². The molecule has 0 aliphatic heterocycles. The molecule has 1 aromatic heterocycles. The predicted molar refractivity (Wildman–Crippen MR) is 79.6 cm³/mol. The summed E-state index contributed by atoms with van der Waals surface area (Å²) < 4.78 is 17.8. The van der Waals surface area contributed by atoms with Gasteiger partial charge in [-0.05, 0) is 12.1 Å². The van der Waals surface area contributed by atoms with Gasteiger partial charge in [-0.1, -0.05) is 0 Å². The van der Waals surface area contributed by atoms with Gasteiger partial charge < -0.3 is 15.0 Å². The summed E-state index contributed by atoms with van der Waals surface area (Å²) in [6.07, 6.45) is 0.824. The highest BCUT2D eigenvalue weighted by molar-refractivity contribution is 5.95. The number of ether oxygens (including phenoxy) is 1. The van der Waals surface area contributed by atoms with Crippen LogP contribution in [0.25, 0.3) is 0 Å². The zero-order valence-electron chi connectivity index (χ0n) is 12.2. The average Bonchev–Trinajstić information content (AvgIpc) is 2.54. The smallest absolute Gasteiger partial charge is 0.345 e. The van der Waals surface area contributed by atoms with Crippen molar-refractivity contribution in [3.8, 4) is 0 Å². The van der Waals surface area contributed by atoms with E-state index in [1.165, 1.54) is 0 Å². The zero-order valence-corrected chi connectivity index (χ0v) is 12.2. The Labute approximate surface area is 136 Å². The molecule has 0 atom stereocenters. The number of esters is 1. The van der Waals surface area contributed by atoms with Crippen LogP contribution in [-0.4, -0.2) is 33.4 Å². The number of aromatic amines is 2. The number of nitrogens with one attached hydrogen (secondary N) is 3. The van der Waals surface area contributed by atoms with Crippen molar-refractivity contribution in [3.63, 3.8) is 0 Å². The van der Waals surface area contributed by atoms with E-state index in [0.29, 0.717) is 0 Å². The van der Waals surface area contributed by atoms with Crippen molar-refractivity contribution in [3.05, 3.63) is 66.7 Å². The van der Waals surface area contributed by atoms with Crippen LogP contribution in [0.1, 0.15) is 10.4 Å². The number of carbonyl (C=O) groups is 2. The van der Waals surface area contributed by atoms with Crippen molar-refractivity contribution in [2.45, 2.75) is 0 Å². The molecule has 2 rings (SSSR count). The average molecular weight is 352 g/mol. The van der Waals surface area contributed by atoms with Crippen LogP contribution in [0.2, 0.25) is 0 Å². The van der Waals surface area contributed by atoms with Crippen molar-refractivity contribution < 1.29 is 23.6 Å². The van der Waals surface area contributed by atoms with Crippen molar-refractivity contribution >= 4 is 23.3 Å². The summed E-state index contributed by atoms with van der Waals surface area (Å²) in [6.45, 7) is -0.817. The quantitative estimate of drug-likeness (QED) is 0.384. The maximum Gasteiger partial charge on any atom is 0.345 e. The van der Waals surface area contributed by atoms with Crippen LogP contribution in [0, 0.1) is 15.9 Å². The molecule has 25 heavy (non-hydrogen) atoms. The van der Waals surface area contributed by atoms with Gasteiger partial charge in [-0.3, -0.25) is 24.7 Å². The second kappa shape index (κ2) is 7.16. The van der Waals surface area contributed by atoms with E-state index in [4.69, 9.17) is 0 Å². The minimum Gasteiger partial charge on any atom is -0.452 e. The molecule has 1 aromatic carbocycles. The fraction of sp³-hybridized carbons (Fsp3) is 0.0769. The van der Waals surface area contributed by atoms with Gasteiger partial charge in [0.25, 0.3) is 11.5 Å². The summed E-state index contributed by atoms with van der Waals surface area (Å²) >= 11 is 0. The van der Waals surface area contributed by atoms with E-state index in [-0.39, 0.29) is 5.69 Å². The minimum absolute atomic E-state index is 0.0870. The van der Waals surface area contributed by atoms with Crippen LogP contribution >= 0.6 is 0 Å². The highest BCUT2D eigenvalue weighted by Crippen LogP contribution is 2.21. The molecule has 3 N–H and O–H groups in total. The molecule has 0 aliphatic rings. The Kier molecular flexibility index (Phi) is 5.02. The molecular formula is C13H9FN4O7. The SMILES string of the molecule is O=C(COC(=O)c1c[nH]c(=O)[nH]c1=O)Nc1ccc(F)c([N+](=O)[O-])c1. The van der Waals surface area contributed by atoms with Gasteiger partial charge >= 0.3 is 17.3 Å². The molecule has 0 unspecified atom stereocenters. The van der Waals surface area contributed by atoms with Gasteiger partial charge in [0.2, 0.25) is 5.82 Å². The largest absolute Gasteiger partial charge is 0.452 e. The lowest BCUT2D eigenvalue weighted by atomic mass is 10.2. The molecule has 0 aliphatic carbocycles. The molecule has 0 fully saturated rings. The first kappa shape index (κ1) is 17.5. The summed E-state index contributed by atoms with van der Waals surface area (Å²) in [5.41, 5.74) is -3.27. The second-order valence-electron chi connectivity index (χ2n) is 4.53. The normalized spacial score (nSPS) is 10.1. The molecule has 0 saturated carbocycles. The molecule has 130 valence electrons. The van der Waals surface area contributed by atoms with Gasteiger partial charge in [-0.15, -0.1) is 0 Å². The predicted octanol–water partition coefficient (Wildman–Crippen LogP) is -0.0940. The van der Waals surface area contributed by atoms with Gasteiger partial charge in [0, 0.05) is 18.0 Å². The molecular weight excluding hydrogens is 343 g/mol. The minimum atomic E-state index is -1.17. The fourth-order valence-electron chi connectivity index (χ4n) is 1.70. The number of nitro benzene ring substituents is 1. The van der Waals surface area contributed by atoms with Crippen molar-refractivity contribution in [1.29, 1.82) is 0 Å². The molecule has 0 bridgehead atoms. The van der Waals surface area contributed by atoms with Crippen LogP contribution in [0.4, 0.5) is 15.8 Å². The highest BCUT2D eigenvalue weighted by atomic mass is 19.1. The number of anilines is 1. The van der Waals surface area contributed by atoms with Crippen LogP contribution in [0.5, 0.6) is 0 Å². The number of carbonyl (C=O) groups excluding carboxylic acids is 2. The van der Waals surface area contributed by atoms with E-state index >= 15 is 0 Å². The standard InChI is InChI=1S/C13H9FN4O7/c14-8-2-1-6(3-9(8)18(23)24)16-10(19)5-25-12(21)7-4-15-13(22)17-11(7)20/h1-4H,5H2,(H,16,19)(H2,15,17,20,22). The maximum absolute atomic E-state index is 13.2. The topological polar surface area (TPSA) is 164 Å². The number of hydrogen-bond donors (Lipinski definition) is 3. The summed E-state index contributed by atoms with van der Waals surface area (Å²) in [7, 11) is 0. The van der Waals surface area contributed by atoms with E-state index in [1.54, 1.807) is 4.98 Å². The third-order valence-corrected chi connectivity index (χ3v) is 2.80. The molecule has 1 heterocycles. The Morgan fingerprint density at radius 2 is 2.04 bits per heavy atom. The first-order valence-electron chi connectivity index (χ1n) is 6.51. The van der Waals surface area contributed by atoms with Crippen LogP contribution < -0.4 is 16.6 Å². The number of H-pyrrole nitrogens is 2. The van der Waals surface area contributed by atoms with E-state index in [9.17, 15) is 33.7 Å². The Morgan fingerprint density at radius 3 is 2.68 bits per heavy atom. The lowest BCUT2D eigenvalue weighted by molar-refractivity contribution is -0.387.